The van der Waals surface area contributed by atoms with Gasteiger partial charge in [-0.15, -0.1) is 0 Å². The third kappa shape index (κ3) is 2.07. The Morgan fingerprint density at radius 2 is 2.18 bits per heavy atom. The second kappa shape index (κ2) is 4.35. The lowest BCUT2D eigenvalue weighted by Crippen LogP contribution is -2.10. The zero-order valence-corrected chi connectivity index (χ0v) is 10.5. The molecule has 3 rings (SSSR count). The predicted molar refractivity (Wildman–Crippen MR) is 64.6 cm³/mol. The van der Waals surface area contributed by atoms with Crippen molar-refractivity contribution < 1.29 is 4.74 Å². The highest BCUT2D eigenvalue weighted by Crippen LogP contribution is 2.42. The molecule has 1 aromatic heterocycles. The van der Waals surface area contributed by atoms with Crippen LogP contribution in [-0.4, -0.2) is 16.6 Å². The van der Waals surface area contributed by atoms with Crippen LogP contribution < -0.4 is 5.32 Å². The van der Waals surface area contributed by atoms with E-state index in [-0.39, 0.29) is 6.10 Å². The van der Waals surface area contributed by atoms with Crippen molar-refractivity contribution in [2.45, 2.75) is 51.8 Å². The molecule has 0 spiro atoms. The molecule has 1 N–H and O–H groups in total. The molecule has 1 atom stereocenters. The zero-order chi connectivity index (χ0) is 11.8. The van der Waals surface area contributed by atoms with Gasteiger partial charge in [0.25, 0.3) is 0 Å². The van der Waals surface area contributed by atoms with Crippen LogP contribution in [-0.2, 0) is 17.8 Å². The van der Waals surface area contributed by atoms with Crippen LogP contribution in [0.4, 0.5) is 0 Å². The van der Waals surface area contributed by atoms with Gasteiger partial charge in [0, 0.05) is 31.2 Å². The quantitative estimate of drug-likeness (QED) is 0.864. The Bertz CT molecular complexity index is 429. The minimum Gasteiger partial charge on any atom is -0.371 e. The maximum atomic E-state index is 5.60. The molecule has 1 saturated carbocycles. The van der Waals surface area contributed by atoms with Gasteiger partial charge < -0.3 is 10.1 Å². The second-order valence-electron chi connectivity index (χ2n) is 4.87. The number of aromatic nitrogens is 2. The Morgan fingerprint density at radius 1 is 1.35 bits per heavy atom. The molecule has 1 aromatic rings. The van der Waals surface area contributed by atoms with E-state index in [1.165, 1.54) is 29.8 Å². The standard InChI is InChI=1S/C13H19N3O/c1-3-17-8(2)13-15-11-7-14-6-10(11)12(16-13)9-4-5-9/h8-9,14H,3-7H2,1-2H3. The normalized spacial score (nSPS) is 20.4. The molecule has 2 heterocycles. The summed E-state index contributed by atoms with van der Waals surface area (Å²) in [6.07, 6.45) is 2.57. The monoisotopic (exact) mass is 233 g/mol. The Balaban J connectivity index is 1.97. The van der Waals surface area contributed by atoms with Gasteiger partial charge in [-0.3, -0.25) is 0 Å². The third-order valence-electron chi connectivity index (χ3n) is 3.48. The van der Waals surface area contributed by atoms with Gasteiger partial charge >= 0.3 is 0 Å². The van der Waals surface area contributed by atoms with Crippen LogP contribution >= 0.6 is 0 Å². The molecule has 1 fully saturated rings. The Labute approximate surface area is 102 Å². The first kappa shape index (κ1) is 11.1. The van der Waals surface area contributed by atoms with Crippen molar-refractivity contribution in [3.63, 3.8) is 0 Å². The van der Waals surface area contributed by atoms with Crippen LogP contribution in [0.2, 0.25) is 0 Å². The number of nitrogens with one attached hydrogen (secondary N) is 1. The van der Waals surface area contributed by atoms with E-state index in [0.717, 1.165) is 18.9 Å². The van der Waals surface area contributed by atoms with Crippen molar-refractivity contribution in [3.05, 3.63) is 22.8 Å². The molecule has 2 aliphatic rings. The van der Waals surface area contributed by atoms with Gasteiger partial charge in [0.05, 0.1) is 11.4 Å². The summed E-state index contributed by atoms with van der Waals surface area (Å²) < 4.78 is 5.60. The van der Waals surface area contributed by atoms with E-state index in [0.29, 0.717) is 12.5 Å². The van der Waals surface area contributed by atoms with E-state index in [9.17, 15) is 0 Å². The van der Waals surface area contributed by atoms with Crippen molar-refractivity contribution in [1.82, 2.24) is 15.3 Å². The molecule has 0 radical (unpaired) electrons. The highest BCUT2D eigenvalue weighted by atomic mass is 16.5. The molecule has 0 amide bonds. The summed E-state index contributed by atoms with van der Waals surface area (Å²) in [6.45, 7) is 6.56. The molecule has 1 aliphatic carbocycles. The summed E-state index contributed by atoms with van der Waals surface area (Å²) in [5.74, 6) is 1.54. The van der Waals surface area contributed by atoms with Crippen LogP contribution in [0.1, 0.15) is 61.5 Å². The number of nitrogens with zero attached hydrogens (tertiary/aromatic N) is 2. The fraction of sp³-hybridized carbons (Fsp3) is 0.692. The van der Waals surface area contributed by atoms with E-state index in [4.69, 9.17) is 9.72 Å². The molecule has 4 nitrogen and oxygen atoms in total. The van der Waals surface area contributed by atoms with Gasteiger partial charge in [0.2, 0.25) is 0 Å². The molecule has 0 saturated heterocycles. The average Bonchev–Trinajstić information content (AvgIpc) is 3.06. The van der Waals surface area contributed by atoms with Gasteiger partial charge in [0.1, 0.15) is 6.10 Å². The van der Waals surface area contributed by atoms with Crippen LogP contribution in [0, 0.1) is 0 Å². The Hall–Kier alpha value is -1.00. The van der Waals surface area contributed by atoms with Crippen LogP contribution in [0.5, 0.6) is 0 Å². The first-order valence-electron chi connectivity index (χ1n) is 6.51. The van der Waals surface area contributed by atoms with Gasteiger partial charge in [-0.1, -0.05) is 0 Å². The number of fused-ring (bicyclic) bond motifs is 1. The number of hydrogen-bond acceptors (Lipinski definition) is 4. The number of ether oxygens (including phenoxy) is 1. The molecular formula is C13H19N3O. The topological polar surface area (TPSA) is 47.0 Å². The van der Waals surface area contributed by atoms with Gasteiger partial charge in [0.15, 0.2) is 5.82 Å². The highest BCUT2D eigenvalue weighted by Gasteiger charge is 2.31. The van der Waals surface area contributed by atoms with Crippen LogP contribution in [0.15, 0.2) is 0 Å². The number of rotatable bonds is 4. The Morgan fingerprint density at radius 3 is 2.88 bits per heavy atom. The van der Waals surface area contributed by atoms with Gasteiger partial charge in [-0.05, 0) is 26.7 Å². The largest absolute Gasteiger partial charge is 0.371 e. The van der Waals surface area contributed by atoms with Crippen molar-refractivity contribution in [3.8, 4) is 0 Å². The number of hydrogen-bond donors (Lipinski definition) is 1. The first-order valence-corrected chi connectivity index (χ1v) is 6.51. The van der Waals surface area contributed by atoms with E-state index in [1.54, 1.807) is 0 Å². The fourth-order valence-corrected chi connectivity index (χ4v) is 2.41. The van der Waals surface area contributed by atoms with Gasteiger partial charge in [-0.25, -0.2) is 9.97 Å². The van der Waals surface area contributed by atoms with Crippen molar-refractivity contribution in [2.75, 3.05) is 6.61 Å². The summed E-state index contributed by atoms with van der Waals surface area (Å²) >= 11 is 0. The Kier molecular flexibility index (Phi) is 2.84. The molecular weight excluding hydrogens is 214 g/mol. The minimum atomic E-state index is 0.00315. The zero-order valence-electron chi connectivity index (χ0n) is 10.5. The summed E-state index contributed by atoms with van der Waals surface area (Å²) in [5.41, 5.74) is 3.81. The third-order valence-corrected chi connectivity index (χ3v) is 3.48. The summed E-state index contributed by atoms with van der Waals surface area (Å²) in [4.78, 5) is 9.39. The molecule has 1 unspecified atom stereocenters. The lowest BCUT2D eigenvalue weighted by Gasteiger charge is -2.14. The molecule has 17 heavy (non-hydrogen) atoms. The SMILES string of the molecule is CCOC(C)c1nc2c(c(C3CC3)n1)CNC2. The highest BCUT2D eigenvalue weighted by molar-refractivity contribution is 5.34. The molecule has 0 bridgehead atoms. The maximum absolute atomic E-state index is 5.60. The maximum Gasteiger partial charge on any atom is 0.157 e. The minimum absolute atomic E-state index is 0.00315. The molecule has 0 aromatic carbocycles. The van der Waals surface area contributed by atoms with Crippen molar-refractivity contribution >= 4 is 0 Å². The lowest BCUT2D eigenvalue weighted by atomic mass is 10.1. The fourth-order valence-electron chi connectivity index (χ4n) is 2.41. The van der Waals surface area contributed by atoms with Crippen LogP contribution in [0.25, 0.3) is 0 Å². The van der Waals surface area contributed by atoms with Crippen molar-refractivity contribution in [1.29, 1.82) is 0 Å². The lowest BCUT2D eigenvalue weighted by molar-refractivity contribution is 0.0697. The van der Waals surface area contributed by atoms with E-state index in [2.05, 4.69) is 10.3 Å². The molecule has 4 heteroatoms. The van der Waals surface area contributed by atoms with Crippen molar-refractivity contribution in [2.24, 2.45) is 0 Å². The second-order valence-corrected chi connectivity index (χ2v) is 4.87. The summed E-state index contributed by atoms with van der Waals surface area (Å²) in [6, 6.07) is 0. The predicted octanol–water partition coefficient (Wildman–Crippen LogP) is 2.05. The average molecular weight is 233 g/mol. The molecule has 1 aliphatic heterocycles. The smallest absolute Gasteiger partial charge is 0.157 e. The van der Waals surface area contributed by atoms with Crippen LogP contribution in [0.3, 0.4) is 0 Å². The van der Waals surface area contributed by atoms with E-state index in [1.807, 2.05) is 13.8 Å². The van der Waals surface area contributed by atoms with E-state index >= 15 is 0 Å². The first-order chi connectivity index (χ1) is 8.29. The summed E-state index contributed by atoms with van der Waals surface area (Å²) in [7, 11) is 0. The molecule has 92 valence electrons. The summed E-state index contributed by atoms with van der Waals surface area (Å²) in [5, 5.41) is 3.37. The van der Waals surface area contributed by atoms with Gasteiger partial charge in [-0.2, -0.15) is 0 Å². The van der Waals surface area contributed by atoms with E-state index < -0.39 is 0 Å².